The van der Waals surface area contributed by atoms with Crippen LogP contribution in [0.3, 0.4) is 0 Å². The number of benzene rings is 2. The van der Waals surface area contributed by atoms with Gasteiger partial charge in [0.05, 0.1) is 7.11 Å². The highest BCUT2D eigenvalue weighted by molar-refractivity contribution is 5.95. The second-order valence-corrected chi connectivity index (χ2v) is 4.60. The van der Waals surface area contributed by atoms with Gasteiger partial charge in [-0.1, -0.05) is 12.1 Å². The molecular formula is C16H15NO4. The van der Waals surface area contributed by atoms with Gasteiger partial charge in [0, 0.05) is 16.7 Å². The van der Waals surface area contributed by atoms with E-state index in [0.29, 0.717) is 39.9 Å². The quantitative estimate of drug-likeness (QED) is 0.843. The number of hydrogen-bond donors (Lipinski definition) is 2. The number of amides is 1. The highest BCUT2D eigenvalue weighted by Crippen LogP contribution is 2.41. The summed E-state index contributed by atoms with van der Waals surface area (Å²) in [4.78, 5) is 22.3. The largest absolute Gasteiger partial charge is 0.504 e. The number of ether oxygens (including phenoxy) is 1. The third-order valence-electron chi connectivity index (χ3n) is 3.26. The van der Waals surface area contributed by atoms with Crippen LogP contribution in [-0.4, -0.2) is 24.4 Å². The summed E-state index contributed by atoms with van der Waals surface area (Å²) in [7, 11) is 1.45. The average molecular weight is 285 g/mol. The van der Waals surface area contributed by atoms with Crippen molar-refractivity contribution in [3.05, 3.63) is 47.0 Å². The van der Waals surface area contributed by atoms with E-state index in [-0.39, 0.29) is 5.75 Å². The van der Waals surface area contributed by atoms with Crippen molar-refractivity contribution < 1.29 is 19.4 Å². The summed E-state index contributed by atoms with van der Waals surface area (Å²) < 4.78 is 5.16. The third-order valence-corrected chi connectivity index (χ3v) is 3.26. The van der Waals surface area contributed by atoms with Crippen molar-refractivity contribution in [2.75, 3.05) is 7.11 Å². The molecule has 0 radical (unpaired) electrons. The Labute approximate surface area is 122 Å². The van der Waals surface area contributed by atoms with Crippen LogP contribution in [0.15, 0.2) is 30.3 Å². The van der Waals surface area contributed by atoms with E-state index in [1.165, 1.54) is 19.2 Å². The number of hydrogen-bond acceptors (Lipinski definition) is 4. The lowest BCUT2D eigenvalue weighted by Crippen LogP contribution is -2.10. The molecule has 0 fully saturated rings. The molecule has 0 saturated heterocycles. The van der Waals surface area contributed by atoms with Gasteiger partial charge in [-0.3, -0.25) is 9.59 Å². The van der Waals surface area contributed by atoms with Crippen LogP contribution in [0.1, 0.15) is 26.3 Å². The van der Waals surface area contributed by atoms with Gasteiger partial charge < -0.3 is 15.6 Å². The minimum absolute atomic E-state index is 0.105. The molecule has 0 aliphatic rings. The maximum atomic E-state index is 11.3. The van der Waals surface area contributed by atoms with Crippen LogP contribution < -0.4 is 10.5 Å². The van der Waals surface area contributed by atoms with Crippen LogP contribution in [0.5, 0.6) is 11.5 Å². The maximum Gasteiger partial charge on any atom is 0.248 e. The van der Waals surface area contributed by atoms with E-state index in [2.05, 4.69) is 0 Å². The molecule has 0 aromatic heterocycles. The number of carbonyl (C=O) groups is 2. The number of primary amides is 1. The Morgan fingerprint density at radius 2 is 1.90 bits per heavy atom. The van der Waals surface area contributed by atoms with Gasteiger partial charge in [-0.05, 0) is 36.2 Å². The Kier molecular flexibility index (Phi) is 3.93. The van der Waals surface area contributed by atoms with Gasteiger partial charge in [0.2, 0.25) is 5.91 Å². The molecule has 0 unspecified atom stereocenters. The van der Waals surface area contributed by atoms with Crippen molar-refractivity contribution >= 4 is 12.2 Å². The Hall–Kier alpha value is -2.82. The van der Waals surface area contributed by atoms with E-state index >= 15 is 0 Å². The predicted octanol–water partition coefficient (Wildman–Crippen LogP) is 2.29. The highest BCUT2D eigenvalue weighted by atomic mass is 16.5. The van der Waals surface area contributed by atoms with Crippen molar-refractivity contribution in [2.24, 2.45) is 5.73 Å². The number of rotatable bonds is 4. The first-order valence-electron chi connectivity index (χ1n) is 6.25. The molecule has 2 aromatic carbocycles. The Bertz CT molecular complexity index is 705. The summed E-state index contributed by atoms with van der Waals surface area (Å²) in [5.41, 5.74) is 7.51. The zero-order valence-corrected chi connectivity index (χ0v) is 11.7. The summed E-state index contributed by atoms with van der Waals surface area (Å²) in [5, 5.41) is 10.3. The molecule has 0 atom stereocenters. The Morgan fingerprint density at radius 1 is 1.29 bits per heavy atom. The van der Waals surface area contributed by atoms with Crippen molar-refractivity contribution in [3.8, 4) is 22.6 Å². The summed E-state index contributed by atoms with van der Waals surface area (Å²) in [6.07, 6.45) is 0.670. The summed E-state index contributed by atoms with van der Waals surface area (Å²) in [6.45, 7) is 1.74. The minimum atomic E-state index is -0.539. The fraction of sp³-hybridized carbons (Fsp3) is 0.125. The second kappa shape index (κ2) is 5.66. The molecule has 3 N–H and O–H groups in total. The molecule has 5 nitrogen and oxygen atoms in total. The molecule has 108 valence electrons. The minimum Gasteiger partial charge on any atom is -0.504 e. The number of phenols is 1. The molecule has 5 heteroatoms. The lowest BCUT2D eigenvalue weighted by Gasteiger charge is -2.14. The van der Waals surface area contributed by atoms with Crippen molar-refractivity contribution in [1.82, 2.24) is 0 Å². The molecule has 0 heterocycles. The first kappa shape index (κ1) is 14.6. The number of methoxy groups -OCH3 is 1. The average Bonchev–Trinajstić information content (AvgIpc) is 2.47. The van der Waals surface area contributed by atoms with Crippen molar-refractivity contribution in [2.45, 2.75) is 6.92 Å². The third kappa shape index (κ3) is 2.58. The van der Waals surface area contributed by atoms with Crippen LogP contribution in [0.4, 0.5) is 0 Å². The van der Waals surface area contributed by atoms with Crippen LogP contribution in [0, 0.1) is 6.92 Å². The van der Waals surface area contributed by atoms with E-state index in [1.807, 2.05) is 0 Å². The smallest absolute Gasteiger partial charge is 0.248 e. The lowest BCUT2D eigenvalue weighted by molar-refractivity contribution is 0.1000. The van der Waals surface area contributed by atoms with Gasteiger partial charge >= 0.3 is 0 Å². The summed E-state index contributed by atoms with van der Waals surface area (Å²) >= 11 is 0. The number of carbonyl (C=O) groups excluding carboxylic acids is 2. The molecule has 2 aromatic rings. The van der Waals surface area contributed by atoms with Crippen LogP contribution in [-0.2, 0) is 0 Å². The second-order valence-electron chi connectivity index (χ2n) is 4.60. The highest BCUT2D eigenvalue weighted by Gasteiger charge is 2.17. The lowest BCUT2D eigenvalue weighted by atomic mass is 9.95. The maximum absolute atomic E-state index is 11.3. The summed E-state index contributed by atoms with van der Waals surface area (Å²) in [5.74, 6) is -0.330. The van der Waals surface area contributed by atoms with Crippen LogP contribution in [0.25, 0.3) is 11.1 Å². The van der Waals surface area contributed by atoms with Gasteiger partial charge in [0.1, 0.15) is 0 Å². The fourth-order valence-electron chi connectivity index (χ4n) is 2.26. The topological polar surface area (TPSA) is 89.6 Å². The Balaban J connectivity index is 2.67. The number of aldehydes is 1. The van der Waals surface area contributed by atoms with E-state index in [0.717, 1.165) is 0 Å². The molecule has 0 saturated carbocycles. The van der Waals surface area contributed by atoms with E-state index in [4.69, 9.17) is 10.5 Å². The molecule has 2 rings (SSSR count). The SMILES string of the molecule is COc1c(C)cc(C=O)c(-c2ccc(C(N)=O)cc2)c1O. The monoisotopic (exact) mass is 285 g/mol. The zero-order valence-electron chi connectivity index (χ0n) is 11.7. The van der Waals surface area contributed by atoms with Gasteiger partial charge in [-0.15, -0.1) is 0 Å². The van der Waals surface area contributed by atoms with Crippen molar-refractivity contribution in [3.63, 3.8) is 0 Å². The molecule has 0 bridgehead atoms. The van der Waals surface area contributed by atoms with Crippen LogP contribution >= 0.6 is 0 Å². The van der Waals surface area contributed by atoms with Gasteiger partial charge in [-0.2, -0.15) is 0 Å². The number of phenolic OH excluding ortho intramolecular Hbond substituents is 1. The van der Waals surface area contributed by atoms with E-state index < -0.39 is 5.91 Å². The molecule has 0 aliphatic heterocycles. The normalized spacial score (nSPS) is 10.2. The number of aromatic hydroxyl groups is 1. The van der Waals surface area contributed by atoms with Gasteiger partial charge in [0.15, 0.2) is 17.8 Å². The molecule has 1 amide bonds. The fourth-order valence-corrected chi connectivity index (χ4v) is 2.26. The Morgan fingerprint density at radius 3 is 2.38 bits per heavy atom. The molecule has 21 heavy (non-hydrogen) atoms. The first-order chi connectivity index (χ1) is 9.99. The molecule has 0 aliphatic carbocycles. The van der Waals surface area contributed by atoms with Gasteiger partial charge in [-0.25, -0.2) is 0 Å². The predicted molar refractivity (Wildman–Crippen MR) is 78.7 cm³/mol. The molecule has 0 spiro atoms. The van der Waals surface area contributed by atoms with Crippen molar-refractivity contribution in [1.29, 1.82) is 0 Å². The van der Waals surface area contributed by atoms with E-state index in [9.17, 15) is 14.7 Å². The van der Waals surface area contributed by atoms with Crippen LogP contribution in [0.2, 0.25) is 0 Å². The number of nitrogens with two attached hydrogens (primary N) is 1. The first-order valence-corrected chi connectivity index (χ1v) is 6.25. The molecular weight excluding hydrogens is 270 g/mol. The number of aryl methyl sites for hydroxylation is 1. The van der Waals surface area contributed by atoms with Gasteiger partial charge in [0.25, 0.3) is 0 Å². The van der Waals surface area contributed by atoms with E-state index in [1.54, 1.807) is 25.1 Å². The summed E-state index contributed by atoms with van der Waals surface area (Å²) in [6, 6.07) is 7.97. The zero-order chi connectivity index (χ0) is 15.6. The standard InChI is InChI=1S/C16H15NO4/c1-9-7-12(8-18)13(14(19)15(9)21-2)10-3-5-11(6-4-10)16(17)20/h3-8,19H,1-2H3,(H2,17,20).